The molecule has 0 heterocycles. The summed E-state index contributed by atoms with van der Waals surface area (Å²) in [5, 5.41) is 3.03. The molecule has 0 amide bonds. The zero-order chi connectivity index (χ0) is 10.4. The predicted octanol–water partition coefficient (Wildman–Crippen LogP) is 2.60. The van der Waals surface area contributed by atoms with Crippen LogP contribution in [0.15, 0.2) is 40.9 Å². The summed E-state index contributed by atoms with van der Waals surface area (Å²) in [6.45, 7) is 5.22. The Hall–Kier alpha value is -0.800. The van der Waals surface area contributed by atoms with E-state index in [1.165, 1.54) is 0 Å². The lowest BCUT2D eigenvalue weighted by molar-refractivity contribution is 0.349. The molecule has 0 fully saturated rings. The summed E-state index contributed by atoms with van der Waals surface area (Å²) in [5.41, 5.74) is 1.03. The van der Waals surface area contributed by atoms with Crippen molar-refractivity contribution >= 4 is 15.9 Å². The maximum absolute atomic E-state index is 5.53. The van der Waals surface area contributed by atoms with Crippen molar-refractivity contribution in [2.75, 3.05) is 20.2 Å². The molecule has 1 rings (SSSR count). The van der Waals surface area contributed by atoms with Crippen molar-refractivity contribution in [1.82, 2.24) is 5.32 Å². The van der Waals surface area contributed by atoms with Gasteiger partial charge in [-0.2, -0.15) is 0 Å². The van der Waals surface area contributed by atoms with E-state index in [9.17, 15) is 0 Å². The van der Waals surface area contributed by atoms with Crippen LogP contribution >= 0.6 is 15.9 Å². The maximum Gasteiger partial charge on any atom is 0.120 e. The highest BCUT2D eigenvalue weighted by Crippen LogP contribution is 2.17. The number of halogens is 1. The number of hydrogen-bond donors (Lipinski definition) is 1. The van der Waals surface area contributed by atoms with Crippen LogP contribution in [0.3, 0.4) is 0 Å². The third-order valence-corrected chi connectivity index (χ3v) is 2.16. The number of nitrogens with one attached hydrogen (secondary N) is 1. The third-order valence-electron chi connectivity index (χ3n) is 1.67. The summed E-state index contributed by atoms with van der Waals surface area (Å²) in [6, 6.07) is 7.78. The van der Waals surface area contributed by atoms with E-state index in [4.69, 9.17) is 4.74 Å². The van der Waals surface area contributed by atoms with E-state index in [0.29, 0.717) is 6.61 Å². The van der Waals surface area contributed by atoms with Crippen LogP contribution in [-0.2, 0) is 0 Å². The Morgan fingerprint density at radius 1 is 1.57 bits per heavy atom. The monoisotopic (exact) mass is 255 g/mol. The molecule has 0 bridgehead atoms. The van der Waals surface area contributed by atoms with E-state index in [-0.39, 0.29) is 0 Å². The first-order valence-corrected chi connectivity index (χ1v) is 5.21. The fourth-order valence-electron chi connectivity index (χ4n) is 1.04. The number of benzene rings is 1. The molecule has 0 aliphatic heterocycles. The first kappa shape index (κ1) is 11.3. The topological polar surface area (TPSA) is 21.3 Å². The van der Waals surface area contributed by atoms with Crippen LogP contribution in [0.4, 0.5) is 0 Å². The van der Waals surface area contributed by atoms with Gasteiger partial charge in [-0.1, -0.05) is 28.6 Å². The fraction of sp³-hybridized carbons (Fsp3) is 0.273. The average molecular weight is 256 g/mol. The lowest BCUT2D eigenvalue weighted by Crippen LogP contribution is -2.14. The van der Waals surface area contributed by atoms with Gasteiger partial charge >= 0.3 is 0 Å². The van der Waals surface area contributed by atoms with Gasteiger partial charge in [0.2, 0.25) is 0 Å². The molecule has 0 radical (unpaired) electrons. The lowest BCUT2D eigenvalue weighted by Gasteiger charge is -2.08. The van der Waals surface area contributed by atoms with Gasteiger partial charge in [0.1, 0.15) is 12.4 Å². The van der Waals surface area contributed by atoms with Crippen LogP contribution in [0.25, 0.3) is 0 Å². The third kappa shape index (κ3) is 3.94. The largest absolute Gasteiger partial charge is 0.489 e. The van der Waals surface area contributed by atoms with Gasteiger partial charge in [0.15, 0.2) is 0 Å². The molecule has 2 nitrogen and oxygen atoms in total. The average Bonchev–Trinajstić information content (AvgIpc) is 2.15. The van der Waals surface area contributed by atoms with Gasteiger partial charge in [0.25, 0.3) is 0 Å². The fourth-order valence-corrected chi connectivity index (χ4v) is 1.42. The number of rotatable bonds is 5. The second-order valence-corrected chi connectivity index (χ2v) is 3.94. The smallest absolute Gasteiger partial charge is 0.120 e. The van der Waals surface area contributed by atoms with Gasteiger partial charge in [0.05, 0.1) is 0 Å². The highest BCUT2D eigenvalue weighted by Gasteiger charge is 1.96. The first-order chi connectivity index (χ1) is 6.72. The van der Waals surface area contributed by atoms with Crippen LogP contribution in [-0.4, -0.2) is 20.2 Å². The minimum absolute atomic E-state index is 0.553. The van der Waals surface area contributed by atoms with E-state index >= 15 is 0 Å². The standard InChI is InChI=1S/C11H14BrNO/c1-9(7-13-2)8-14-11-5-3-4-10(12)6-11/h3-6,13H,1,7-8H2,2H3. The molecule has 0 atom stereocenters. The summed E-state index contributed by atoms with van der Waals surface area (Å²) in [6.07, 6.45) is 0. The summed E-state index contributed by atoms with van der Waals surface area (Å²) < 4.78 is 6.55. The van der Waals surface area contributed by atoms with Crippen molar-refractivity contribution in [2.45, 2.75) is 0 Å². The minimum atomic E-state index is 0.553. The molecule has 1 aromatic rings. The van der Waals surface area contributed by atoms with E-state index < -0.39 is 0 Å². The Morgan fingerprint density at radius 3 is 3.00 bits per heavy atom. The maximum atomic E-state index is 5.53. The van der Waals surface area contributed by atoms with Crippen molar-refractivity contribution in [1.29, 1.82) is 0 Å². The molecule has 0 unspecified atom stereocenters. The molecular formula is C11H14BrNO. The molecule has 0 aliphatic rings. The summed E-state index contributed by atoms with van der Waals surface area (Å²) >= 11 is 3.39. The molecule has 0 aromatic heterocycles. The predicted molar refractivity (Wildman–Crippen MR) is 62.7 cm³/mol. The normalized spacial score (nSPS) is 9.86. The number of ether oxygens (including phenoxy) is 1. The van der Waals surface area contributed by atoms with Gasteiger partial charge in [-0.15, -0.1) is 0 Å². The van der Waals surface area contributed by atoms with Crippen molar-refractivity contribution < 1.29 is 4.74 Å². The van der Waals surface area contributed by atoms with E-state index in [1.54, 1.807) is 0 Å². The summed E-state index contributed by atoms with van der Waals surface area (Å²) in [5.74, 6) is 0.858. The van der Waals surface area contributed by atoms with E-state index in [1.807, 2.05) is 31.3 Å². The first-order valence-electron chi connectivity index (χ1n) is 4.42. The second kappa shape index (κ2) is 5.83. The second-order valence-electron chi connectivity index (χ2n) is 3.03. The molecular weight excluding hydrogens is 242 g/mol. The van der Waals surface area contributed by atoms with Crippen LogP contribution in [0.1, 0.15) is 0 Å². The Bertz CT molecular complexity index is 312. The molecule has 76 valence electrons. The van der Waals surface area contributed by atoms with E-state index in [2.05, 4.69) is 27.8 Å². The van der Waals surface area contributed by atoms with Gasteiger partial charge in [0, 0.05) is 11.0 Å². The number of hydrogen-bond acceptors (Lipinski definition) is 2. The molecule has 0 spiro atoms. The highest BCUT2D eigenvalue weighted by atomic mass is 79.9. The van der Waals surface area contributed by atoms with Crippen LogP contribution in [0, 0.1) is 0 Å². The lowest BCUT2D eigenvalue weighted by atomic mass is 10.3. The Balaban J connectivity index is 2.41. The SMILES string of the molecule is C=C(CNC)COc1cccc(Br)c1. The van der Waals surface area contributed by atoms with Crippen molar-refractivity contribution in [3.05, 3.63) is 40.9 Å². The van der Waals surface area contributed by atoms with Crippen LogP contribution in [0.5, 0.6) is 5.75 Å². The van der Waals surface area contributed by atoms with Gasteiger partial charge in [-0.3, -0.25) is 0 Å². The molecule has 1 N–H and O–H groups in total. The molecule has 3 heteroatoms. The Morgan fingerprint density at radius 2 is 2.36 bits per heavy atom. The van der Waals surface area contributed by atoms with Crippen molar-refractivity contribution in [3.63, 3.8) is 0 Å². The minimum Gasteiger partial charge on any atom is -0.489 e. The zero-order valence-electron chi connectivity index (χ0n) is 8.22. The van der Waals surface area contributed by atoms with Crippen molar-refractivity contribution in [2.24, 2.45) is 0 Å². The van der Waals surface area contributed by atoms with Crippen LogP contribution in [0.2, 0.25) is 0 Å². The zero-order valence-corrected chi connectivity index (χ0v) is 9.80. The molecule has 0 saturated heterocycles. The number of likely N-dealkylation sites (N-methyl/N-ethyl adjacent to an activating group) is 1. The van der Waals surface area contributed by atoms with Gasteiger partial charge in [-0.25, -0.2) is 0 Å². The van der Waals surface area contributed by atoms with Gasteiger partial charge < -0.3 is 10.1 Å². The Kier molecular flexibility index (Phi) is 4.70. The highest BCUT2D eigenvalue weighted by molar-refractivity contribution is 9.10. The summed E-state index contributed by atoms with van der Waals surface area (Å²) in [7, 11) is 1.89. The quantitative estimate of drug-likeness (QED) is 0.817. The van der Waals surface area contributed by atoms with Crippen LogP contribution < -0.4 is 10.1 Å². The van der Waals surface area contributed by atoms with E-state index in [0.717, 1.165) is 22.3 Å². The Labute approximate surface area is 93.1 Å². The molecule has 1 aromatic carbocycles. The van der Waals surface area contributed by atoms with Gasteiger partial charge in [-0.05, 0) is 30.8 Å². The molecule has 0 saturated carbocycles. The molecule has 14 heavy (non-hydrogen) atoms. The molecule has 0 aliphatic carbocycles. The van der Waals surface area contributed by atoms with Crippen molar-refractivity contribution in [3.8, 4) is 5.75 Å². The summed E-state index contributed by atoms with van der Waals surface area (Å²) in [4.78, 5) is 0.